The Morgan fingerprint density at radius 2 is 2.03 bits per heavy atom. The first-order valence-corrected chi connectivity index (χ1v) is 12.7. The number of carbonyl (C=O) groups is 2. The Labute approximate surface area is 193 Å². The van der Waals surface area contributed by atoms with Gasteiger partial charge in [-0.1, -0.05) is 6.92 Å². The fraction of sp³-hybridized carbons (Fsp3) is 0.500. The molecule has 2 atom stereocenters. The van der Waals surface area contributed by atoms with Crippen LogP contribution in [0.3, 0.4) is 0 Å². The summed E-state index contributed by atoms with van der Waals surface area (Å²) in [7, 11) is -2.03. The monoisotopic (exact) mass is 478 g/mol. The standard InChI is InChI=1S/C22H30N4O6S/c1-4-9-32-22(28)23-16-6-5-14(10-16)18-13-20(26-25-18)24-21(27)12-15-11-17(31-2)7-8-19(15)33(3,29)30/h7-8,11,13-14,16H,4-6,9-10,12H2,1-3H3,(H,23,28)(H2,24,25,26,27). The molecule has 3 rings (SSSR count). The van der Waals surface area contributed by atoms with E-state index in [-0.39, 0.29) is 23.3 Å². The Hall–Kier alpha value is -3.08. The van der Waals surface area contributed by atoms with E-state index in [1.807, 2.05) is 6.92 Å². The fourth-order valence-electron chi connectivity index (χ4n) is 3.95. The van der Waals surface area contributed by atoms with Gasteiger partial charge in [0.1, 0.15) is 5.75 Å². The number of sulfone groups is 1. The molecule has 11 heteroatoms. The van der Waals surface area contributed by atoms with E-state index in [9.17, 15) is 18.0 Å². The highest BCUT2D eigenvalue weighted by molar-refractivity contribution is 7.90. The SMILES string of the molecule is CCCOC(=O)NC1CCC(c2cc(NC(=O)Cc3cc(OC)ccc3S(C)(=O)=O)n[nH]2)C1. The molecule has 33 heavy (non-hydrogen) atoms. The third kappa shape index (κ3) is 6.70. The zero-order chi connectivity index (χ0) is 24.0. The maximum absolute atomic E-state index is 12.6. The molecular formula is C22H30N4O6S. The number of aromatic amines is 1. The van der Waals surface area contributed by atoms with Gasteiger partial charge in [0.15, 0.2) is 15.7 Å². The van der Waals surface area contributed by atoms with Crippen molar-refractivity contribution in [1.82, 2.24) is 15.5 Å². The van der Waals surface area contributed by atoms with Crippen molar-refractivity contribution >= 4 is 27.7 Å². The third-order valence-corrected chi connectivity index (χ3v) is 6.71. The van der Waals surface area contributed by atoms with E-state index in [1.54, 1.807) is 18.2 Å². The van der Waals surface area contributed by atoms with E-state index >= 15 is 0 Å². The molecule has 1 aromatic carbocycles. The molecule has 180 valence electrons. The number of alkyl carbamates (subject to hydrolysis) is 1. The molecule has 0 radical (unpaired) electrons. The molecule has 1 saturated carbocycles. The molecule has 3 N–H and O–H groups in total. The Balaban J connectivity index is 1.59. The number of amides is 2. The molecule has 0 aliphatic heterocycles. The van der Waals surface area contributed by atoms with Crippen LogP contribution in [0, 0.1) is 0 Å². The van der Waals surface area contributed by atoms with Crippen molar-refractivity contribution in [2.24, 2.45) is 0 Å². The predicted molar refractivity (Wildman–Crippen MR) is 122 cm³/mol. The van der Waals surface area contributed by atoms with Gasteiger partial charge < -0.3 is 20.1 Å². The van der Waals surface area contributed by atoms with Gasteiger partial charge in [-0.15, -0.1) is 0 Å². The van der Waals surface area contributed by atoms with Gasteiger partial charge in [0.05, 0.1) is 25.0 Å². The number of hydrogen-bond donors (Lipinski definition) is 3. The lowest BCUT2D eigenvalue weighted by atomic mass is 10.0. The van der Waals surface area contributed by atoms with Gasteiger partial charge in [0.25, 0.3) is 0 Å². The first-order valence-electron chi connectivity index (χ1n) is 10.8. The zero-order valence-corrected chi connectivity index (χ0v) is 19.8. The highest BCUT2D eigenvalue weighted by Crippen LogP contribution is 2.34. The number of H-pyrrole nitrogens is 1. The van der Waals surface area contributed by atoms with Crippen molar-refractivity contribution in [3.05, 3.63) is 35.5 Å². The predicted octanol–water partition coefficient (Wildman–Crippen LogP) is 2.78. The molecule has 10 nitrogen and oxygen atoms in total. The van der Waals surface area contributed by atoms with Gasteiger partial charge in [-0.05, 0) is 49.4 Å². The van der Waals surface area contributed by atoms with Crippen LogP contribution in [-0.2, 0) is 25.8 Å². The molecule has 1 heterocycles. The molecular weight excluding hydrogens is 448 g/mol. The minimum absolute atomic E-state index is 0.0307. The first-order chi connectivity index (χ1) is 15.7. The van der Waals surface area contributed by atoms with Crippen LogP contribution in [0.15, 0.2) is 29.2 Å². The number of nitrogens with zero attached hydrogens (tertiary/aromatic N) is 1. The maximum Gasteiger partial charge on any atom is 0.407 e. The number of benzene rings is 1. The number of ether oxygens (including phenoxy) is 2. The average Bonchev–Trinajstić information content (AvgIpc) is 3.40. The summed E-state index contributed by atoms with van der Waals surface area (Å²) in [4.78, 5) is 24.4. The molecule has 0 spiro atoms. The Morgan fingerprint density at radius 3 is 2.73 bits per heavy atom. The van der Waals surface area contributed by atoms with E-state index in [0.29, 0.717) is 23.7 Å². The lowest BCUT2D eigenvalue weighted by molar-refractivity contribution is -0.115. The normalized spacial score (nSPS) is 18.0. The van der Waals surface area contributed by atoms with Crippen molar-refractivity contribution < 1.29 is 27.5 Å². The van der Waals surface area contributed by atoms with Crippen LogP contribution in [0.5, 0.6) is 5.75 Å². The van der Waals surface area contributed by atoms with E-state index in [2.05, 4.69) is 20.8 Å². The number of carbonyl (C=O) groups excluding carboxylic acids is 2. The molecule has 1 aliphatic carbocycles. The molecule has 0 saturated heterocycles. The van der Waals surface area contributed by atoms with Crippen LogP contribution in [0.25, 0.3) is 0 Å². The summed E-state index contributed by atoms with van der Waals surface area (Å²) >= 11 is 0. The van der Waals surface area contributed by atoms with E-state index in [4.69, 9.17) is 9.47 Å². The van der Waals surface area contributed by atoms with E-state index < -0.39 is 21.8 Å². The Bertz CT molecular complexity index is 1100. The number of methoxy groups -OCH3 is 1. The van der Waals surface area contributed by atoms with Gasteiger partial charge >= 0.3 is 6.09 Å². The summed E-state index contributed by atoms with van der Waals surface area (Å²) in [6.07, 6.45) is 3.79. The lowest BCUT2D eigenvalue weighted by Crippen LogP contribution is -2.33. The van der Waals surface area contributed by atoms with Gasteiger partial charge in [0, 0.05) is 30.0 Å². The molecule has 2 aromatic rings. The van der Waals surface area contributed by atoms with Crippen LogP contribution in [0.4, 0.5) is 10.6 Å². The van der Waals surface area contributed by atoms with Crippen LogP contribution in [-0.4, -0.2) is 56.6 Å². The summed E-state index contributed by atoms with van der Waals surface area (Å²) in [5.41, 5.74) is 1.22. The van der Waals surface area contributed by atoms with Crippen molar-refractivity contribution in [2.45, 2.75) is 55.9 Å². The summed E-state index contributed by atoms with van der Waals surface area (Å²) < 4.78 is 34.4. The van der Waals surface area contributed by atoms with Crippen molar-refractivity contribution in [1.29, 1.82) is 0 Å². The molecule has 0 bridgehead atoms. The van der Waals surface area contributed by atoms with Crippen LogP contribution >= 0.6 is 0 Å². The smallest absolute Gasteiger partial charge is 0.407 e. The topological polar surface area (TPSA) is 139 Å². The second-order valence-corrected chi connectivity index (χ2v) is 10.2. The van der Waals surface area contributed by atoms with Gasteiger partial charge in [-0.2, -0.15) is 5.10 Å². The van der Waals surface area contributed by atoms with E-state index in [0.717, 1.165) is 37.6 Å². The second-order valence-electron chi connectivity index (χ2n) is 8.17. The van der Waals surface area contributed by atoms with Gasteiger partial charge in [-0.3, -0.25) is 9.89 Å². The Kier molecular flexibility index (Phi) is 7.96. The van der Waals surface area contributed by atoms with Crippen molar-refractivity contribution in [3.8, 4) is 5.75 Å². The fourth-order valence-corrected chi connectivity index (χ4v) is 4.87. The number of rotatable bonds is 9. The number of hydrogen-bond acceptors (Lipinski definition) is 7. The molecule has 1 aromatic heterocycles. The minimum Gasteiger partial charge on any atom is -0.497 e. The molecule has 2 amide bonds. The van der Waals surface area contributed by atoms with Gasteiger partial charge in [0.2, 0.25) is 5.91 Å². The second kappa shape index (κ2) is 10.7. The quantitative estimate of drug-likeness (QED) is 0.503. The largest absolute Gasteiger partial charge is 0.497 e. The lowest BCUT2D eigenvalue weighted by Gasteiger charge is -2.12. The zero-order valence-electron chi connectivity index (χ0n) is 19.0. The number of anilines is 1. The van der Waals surface area contributed by atoms with Gasteiger partial charge in [-0.25, -0.2) is 13.2 Å². The highest BCUT2D eigenvalue weighted by Gasteiger charge is 2.29. The highest BCUT2D eigenvalue weighted by atomic mass is 32.2. The maximum atomic E-state index is 12.6. The summed E-state index contributed by atoms with van der Waals surface area (Å²) in [5, 5.41) is 12.7. The third-order valence-electron chi connectivity index (χ3n) is 5.52. The van der Waals surface area contributed by atoms with Crippen molar-refractivity contribution in [3.63, 3.8) is 0 Å². The summed E-state index contributed by atoms with van der Waals surface area (Å²) in [6.45, 7) is 2.34. The van der Waals surface area contributed by atoms with Crippen molar-refractivity contribution in [2.75, 3.05) is 25.3 Å². The first kappa shape index (κ1) is 24.6. The summed E-state index contributed by atoms with van der Waals surface area (Å²) in [5.74, 6) is 0.610. The van der Waals surface area contributed by atoms with Crippen LogP contribution < -0.4 is 15.4 Å². The molecule has 1 fully saturated rings. The summed E-state index contributed by atoms with van der Waals surface area (Å²) in [6, 6.07) is 6.33. The van der Waals surface area contributed by atoms with Crippen LogP contribution in [0.1, 0.15) is 49.8 Å². The van der Waals surface area contributed by atoms with Crippen LogP contribution in [0.2, 0.25) is 0 Å². The number of nitrogens with one attached hydrogen (secondary N) is 3. The number of aromatic nitrogens is 2. The minimum atomic E-state index is -3.50. The Morgan fingerprint density at radius 1 is 1.24 bits per heavy atom. The van der Waals surface area contributed by atoms with E-state index in [1.165, 1.54) is 13.2 Å². The average molecular weight is 479 g/mol. The molecule has 1 aliphatic rings. The molecule has 2 unspecified atom stereocenters.